The molecule has 0 N–H and O–H groups in total. The molecule has 0 aliphatic heterocycles. The Balaban J connectivity index is 2.06. The summed E-state index contributed by atoms with van der Waals surface area (Å²) in [5, 5.41) is 10.6. The minimum absolute atomic E-state index is 0.0337. The van der Waals surface area contributed by atoms with Gasteiger partial charge in [-0.15, -0.1) is 0 Å². The lowest BCUT2D eigenvalue weighted by atomic mass is 10.0. The van der Waals surface area contributed by atoms with Crippen LogP contribution < -0.4 is 0 Å². The van der Waals surface area contributed by atoms with Gasteiger partial charge in [0.05, 0.1) is 46.1 Å². The minimum atomic E-state index is -0.670. The molecule has 0 radical (unpaired) electrons. The summed E-state index contributed by atoms with van der Waals surface area (Å²) in [6, 6.07) is 16.5. The fraction of sp³-hybridized carbons (Fsp3) is 0.241. The number of aryl methyl sites for hydroxylation is 1. The van der Waals surface area contributed by atoms with E-state index in [2.05, 4.69) is 6.07 Å². The van der Waals surface area contributed by atoms with Crippen LogP contribution in [0.1, 0.15) is 45.7 Å². The van der Waals surface area contributed by atoms with Gasteiger partial charge in [0.15, 0.2) is 0 Å². The highest BCUT2D eigenvalue weighted by Crippen LogP contribution is 2.41. The number of rotatable bonds is 8. The molecule has 8 nitrogen and oxygen atoms in total. The number of hydrogen-bond acceptors (Lipinski definition) is 7. The summed E-state index contributed by atoms with van der Waals surface area (Å²) in [5.41, 5.74) is 4.24. The third-order valence-corrected chi connectivity index (χ3v) is 6.35. The smallest absolute Gasteiger partial charge is 0.341 e. The van der Waals surface area contributed by atoms with Crippen molar-refractivity contribution in [2.75, 3.05) is 20.3 Å². The molecule has 0 saturated carbocycles. The first-order chi connectivity index (χ1) is 18.4. The minimum Gasteiger partial charge on any atom is -0.462 e. The third kappa shape index (κ3) is 4.86. The molecule has 0 spiro atoms. The number of carbonyl (C=O) groups is 2. The number of nitriles is 1. The van der Waals surface area contributed by atoms with Crippen LogP contribution >= 0.6 is 11.6 Å². The number of nitrogens with zero attached hydrogens (tertiary/aromatic N) is 3. The highest BCUT2D eigenvalue weighted by atomic mass is 35.5. The normalized spacial score (nSPS) is 10.8. The fourth-order valence-electron chi connectivity index (χ4n) is 4.27. The number of hydrogen-bond donors (Lipinski definition) is 0. The van der Waals surface area contributed by atoms with E-state index >= 15 is 0 Å². The van der Waals surface area contributed by atoms with Crippen LogP contribution in [0.2, 0.25) is 5.02 Å². The van der Waals surface area contributed by atoms with E-state index in [-0.39, 0.29) is 41.8 Å². The molecule has 0 unspecified atom stereocenters. The van der Waals surface area contributed by atoms with E-state index in [1.807, 2.05) is 31.2 Å². The van der Waals surface area contributed by atoms with Crippen LogP contribution in [0.3, 0.4) is 0 Å². The average molecular weight is 532 g/mol. The second kappa shape index (κ2) is 11.5. The van der Waals surface area contributed by atoms with Gasteiger partial charge in [0.1, 0.15) is 24.0 Å². The van der Waals surface area contributed by atoms with Crippen molar-refractivity contribution >= 4 is 34.6 Å². The fourth-order valence-corrected chi connectivity index (χ4v) is 4.62. The molecule has 194 valence electrons. The summed E-state index contributed by atoms with van der Waals surface area (Å²) in [4.78, 5) is 30.1. The van der Waals surface area contributed by atoms with Crippen molar-refractivity contribution in [1.29, 1.82) is 5.26 Å². The number of fused-ring (bicyclic) bond motifs is 1. The first-order valence-corrected chi connectivity index (χ1v) is 12.4. The van der Waals surface area contributed by atoms with E-state index in [0.717, 1.165) is 11.1 Å². The molecule has 0 aliphatic rings. The molecule has 2 aromatic heterocycles. The summed E-state index contributed by atoms with van der Waals surface area (Å²) in [6.07, 6.45) is 0. The van der Waals surface area contributed by atoms with Crippen molar-refractivity contribution < 1.29 is 23.8 Å². The standard InChI is InChI=1S/C29H26ClN3O5/c1-5-37-28(34)20-13-11-18(12-14-20)25-23(29(35)38-6-2)24(30)22-21(15-31)26(19-9-7-17(3)8-10-19)33(16-36-4)27(22)32-25/h7-14H,5-6,16H2,1-4H3. The van der Waals surface area contributed by atoms with E-state index in [1.54, 1.807) is 49.8 Å². The van der Waals surface area contributed by atoms with Crippen LogP contribution in [-0.4, -0.2) is 41.8 Å². The molecule has 2 aromatic carbocycles. The first kappa shape index (κ1) is 26.9. The van der Waals surface area contributed by atoms with Crippen LogP contribution in [0.5, 0.6) is 0 Å². The zero-order valence-corrected chi connectivity index (χ0v) is 22.3. The molecule has 0 fully saturated rings. The number of carbonyl (C=O) groups excluding carboxylic acids is 2. The van der Waals surface area contributed by atoms with Crippen LogP contribution in [0.15, 0.2) is 48.5 Å². The Labute approximate surface area is 225 Å². The highest BCUT2D eigenvalue weighted by Gasteiger charge is 2.29. The Morgan fingerprint density at radius 2 is 1.58 bits per heavy atom. The van der Waals surface area contributed by atoms with Gasteiger partial charge >= 0.3 is 11.9 Å². The summed E-state index contributed by atoms with van der Waals surface area (Å²) in [5.74, 6) is -1.13. The number of pyridine rings is 1. The first-order valence-electron chi connectivity index (χ1n) is 12.0. The topological polar surface area (TPSA) is 103 Å². The molecule has 4 aromatic rings. The highest BCUT2D eigenvalue weighted by molar-refractivity contribution is 6.39. The van der Waals surface area contributed by atoms with Crippen LogP contribution in [-0.2, 0) is 20.9 Å². The van der Waals surface area contributed by atoms with Crippen molar-refractivity contribution in [3.8, 4) is 28.6 Å². The van der Waals surface area contributed by atoms with E-state index in [1.165, 1.54) is 0 Å². The van der Waals surface area contributed by atoms with Gasteiger partial charge in [0, 0.05) is 12.7 Å². The largest absolute Gasteiger partial charge is 0.462 e. The number of halogens is 1. The Morgan fingerprint density at radius 1 is 0.974 bits per heavy atom. The third-order valence-electron chi connectivity index (χ3n) is 5.97. The maximum Gasteiger partial charge on any atom is 0.341 e. The van der Waals surface area contributed by atoms with Crippen molar-refractivity contribution in [2.45, 2.75) is 27.5 Å². The molecule has 4 rings (SSSR count). The maximum absolute atomic E-state index is 13.2. The van der Waals surface area contributed by atoms with Crippen molar-refractivity contribution in [1.82, 2.24) is 9.55 Å². The van der Waals surface area contributed by atoms with Crippen molar-refractivity contribution in [3.05, 3.63) is 75.8 Å². The molecule has 0 atom stereocenters. The average Bonchev–Trinajstić information content (AvgIpc) is 3.23. The van der Waals surface area contributed by atoms with Crippen LogP contribution in [0.25, 0.3) is 33.5 Å². The molecule has 0 aliphatic carbocycles. The summed E-state index contributed by atoms with van der Waals surface area (Å²) >= 11 is 6.91. The Morgan fingerprint density at radius 3 is 2.16 bits per heavy atom. The van der Waals surface area contributed by atoms with Gasteiger partial charge in [-0.3, -0.25) is 4.57 Å². The number of benzene rings is 2. The van der Waals surface area contributed by atoms with Gasteiger partial charge < -0.3 is 14.2 Å². The molecular weight excluding hydrogens is 506 g/mol. The molecule has 38 heavy (non-hydrogen) atoms. The number of methoxy groups -OCH3 is 1. The summed E-state index contributed by atoms with van der Waals surface area (Å²) in [7, 11) is 1.54. The lowest BCUT2D eigenvalue weighted by molar-refractivity contribution is 0.0516. The predicted octanol–water partition coefficient (Wildman–Crippen LogP) is 6.16. The van der Waals surface area contributed by atoms with Crippen LogP contribution in [0, 0.1) is 18.3 Å². The second-order valence-corrected chi connectivity index (χ2v) is 8.79. The van der Waals surface area contributed by atoms with Gasteiger partial charge in [-0.05, 0) is 38.5 Å². The van der Waals surface area contributed by atoms with Gasteiger partial charge in [0.25, 0.3) is 0 Å². The maximum atomic E-state index is 13.2. The van der Waals surface area contributed by atoms with Gasteiger partial charge in [-0.25, -0.2) is 14.6 Å². The predicted molar refractivity (Wildman–Crippen MR) is 144 cm³/mol. The Hall–Kier alpha value is -4.19. The molecule has 0 saturated heterocycles. The van der Waals surface area contributed by atoms with Crippen molar-refractivity contribution in [2.24, 2.45) is 0 Å². The van der Waals surface area contributed by atoms with E-state index in [4.69, 9.17) is 30.8 Å². The van der Waals surface area contributed by atoms with Gasteiger partial charge in [0.2, 0.25) is 0 Å². The lowest BCUT2D eigenvalue weighted by Crippen LogP contribution is -2.11. The molecule has 0 amide bonds. The van der Waals surface area contributed by atoms with E-state index in [9.17, 15) is 14.9 Å². The second-order valence-electron chi connectivity index (χ2n) is 8.41. The Kier molecular flexibility index (Phi) is 8.10. The number of aromatic nitrogens is 2. The molecule has 9 heteroatoms. The number of ether oxygens (including phenoxy) is 3. The SMILES string of the molecule is CCOC(=O)c1ccc(-c2nc3c(c(Cl)c2C(=O)OCC)c(C#N)c(-c2ccc(C)cc2)n3COC)cc1. The van der Waals surface area contributed by atoms with E-state index in [0.29, 0.717) is 27.9 Å². The Bertz CT molecular complexity index is 1550. The quantitative estimate of drug-likeness (QED) is 0.251. The van der Waals surface area contributed by atoms with Gasteiger partial charge in [-0.2, -0.15) is 5.26 Å². The molecule has 2 heterocycles. The van der Waals surface area contributed by atoms with E-state index < -0.39 is 11.9 Å². The monoisotopic (exact) mass is 531 g/mol. The lowest BCUT2D eigenvalue weighted by Gasteiger charge is -2.14. The van der Waals surface area contributed by atoms with Gasteiger partial charge in [-0.1, -0.05) is 53.6 Å². The summed E-state index contributed by atoms with van der Waals surface area (Å²) in [6.45, 7) is 5.86. The zero-order chi connectivity index (χ0) is 27.4. The molecule has 0 bridgehead atoms. The van der Waals surface area contributed by atoms with Crippen LogP contribution in [0.4, 0.5) is 0 Å². The van der Waals surface area contributed by atoms with Crippen molar-refractivity contribution in [3.63, 3.8) is 0 Å². The molecular formula is C29H26ClN3O5. The zero-order valence-electron chi connectivity index (χ0n) is 21.5. The summed E-state index contributed by atoms with van der Waals surface area (Å²) < 4.78 is 17.6. The number of esters is 2.